The van der Waals surface area contributed by atoms with Crippen molar-refractivity contribution in [3.63, 3.8) is 0 Å². The van der Waals surface area contributed by atoms with Crippen molar-refractivity contribution in [1.29, 1.82) is 0 Å². The van der Waals surface area contributed by atoms with E-state index in [0.29, 0.717) is 0 Å². The quantitative estimate of drug-likeness (QED) is 0.164. The van der Waals surface area contributed by atoms with Crippen LogP contribution in [0.15, 0.2) is 200 Å². The molecule has 0 bridgehead atoms. The fraction of sp³-hybridized carbons (Fsp3) is 0.0545. The van der Waals surface area contributed by atoms with Crippen molar-refractivity contribution in [2.75, 3.05) is 4.90 Å². The molecule has 0 unspecified atom stereocenters. The van der Waals surface area contributed by atoms with E-state index >= 15 is 0 Å². The number of benzene rings is 9. The molecule has 1 aliphatic rings. The number of anilines is 3. The van der Waals surface area contributed by atoms with Crippen molar-refractivity contribution in [3.8, 4) is 44.5 Å². The summed E-state index contributed by atoms with van der Waals surface area (Å²) >= 11 is 1.86. The summed E-state index contributed by atoms with van der Waals surface area (Å²) in [5, 5.41) is 5.14. The maximum Gasteiger partial charge on any atom is 0.0476 e. The van der Waals surface area contributed by atoms with Crippen LogP contribution in [0.25, 0.3) is 75.5 Å². The molecular weight excluding hydrogens is 707 g/mol. The third kappa shape index (κ3) is 5.59. The average molecular weight is 746 g/mol. The summed E-state index contributed by atoms with van der Waals surface area (Å²) in [7, 11) is 0. The monoisotopic (exact) mass is 745 g/mol. The zero-order chi connectivity index (χ0) is 38.1. The van der Waals surface area contributed by atoms with Crippen molar-refractivity contribution in [2.24, 2.45) is 0 Å². The van der Waals surface area contributed by atoms with Crippen molar-refractivity contribution in [2.45, 2.75) is 19.3 Å². The molecule has 57 heavy (non-hydrogen) atoms. The highest BCUT2D eigenvalue weighted by Gasteiger charge is 2.35. The Morgan fingerprint density at radius 3 is 1.84 bits per heavy atom. The first-order valence-corrected chi connectivity index (χ1v) is 20.6. The van der Waals surface area contributed by atoms with Gasteiger partial charge in [-0.3, -0.25) is 0 Å². The van der Waals surface area contributed by atoms with E-state index in [4.69, 9.17) is 0 Å². The lowest BCUT2D eigenvalue weighted by Gasteiger charge is -2.26. The predicted octanol–water partition coefficient (Wildman–Crippen LogP) is 16.0. The van der Waals surface area contributed by atoms with Crippen molar-refractivity contribution in [3.05, 3.63) is 211 Å². The van der Waals surface area contributed by atoms with Gasteiger partial charge in [0.2, 0.25) is 0 Å². The second kappa shape index (κ2) is 13.2. The predicted molar refractivity (Wildman–Crippen MR) is 245 cm³/mol. The van der Waals surface area contributed by atoms with Gasteiger partial charge in [-0.25, -0.2) is 0 Å². The van der Waals surface area contributed by atoms with Gasteiger partial charge in [0, 0.05) is 42.6 Å². The molecule has 270 valence electrons. The summed E-state index contributed by atoms with van der Waals surface area (Å²) in [5.41, 5.74) is 16.1. The number of fused-ring (bicyclic) bond motifs is 7. The molecule has 0 saturated heterocycles. The zero-order valence-electron chi connectivity index (χ0n) is 31.9. The van der Waals surface area contributed by atoms with E-state index in [2.05, 4.69) is 219 Å². The molecule has 9 aromatic carbocycles. The number of rotatable bonds is 6. The van der Waals surface area contributed by atoms with E-state index in [9.17, 15) is 0 Å². The molecule has 10 aromatic rings. The fourth-order valence-corrected chi connectivity index (χ4v) is 10.3. The topological polar surface area (TPSA) is 3.24 Å². The molecule has 0 aliphatic heterocycles. The first kappa shape index (κ1) is 33.6. The highest BCUT2D eigenvalue weighted by Crippen LogP contribution is 2.50. The number of nitrogens with zero attached hydrogens (tertiary/aromatic N) is 1. The second-order valence-electron chi connectivity index (χ2n) is 15.7. The van der Waals surface area contributed by atoms with E-state index < -0.39 is 0 Å². The normalized spacial score (nSPS) is 12.9. The Morgan fingerprint density at radius 2 is 0.947 bits per heavy atom. The van der Waals surface area contributed by atoms with Crippen LogP contribution < -0.4 is 4.90 Å². The largest absolute Gasteiger partial charge is 0.310 e. The van der Waals surface area contributed by atoms with E-state index in [0.717, 1.165) is 17.1 Å². The van der Waals surface area contributed by atoms with Crippen LogP contribution in [0.2, 0.25) is 0 Å². The van der Waals surface area contributed by atoms with Crippen molar-refractivity contribution >= 4 is 59.3 Å². The lowest BCUT2D eigenvalue weighted by atomic mass is 9.81. The Balaban J connectivity index is 1.01. The molecule has 0 N–H and O–H groups in total. The molecule has 1 aliphatic carbocycles. The highest BCUT2D eigenvalue weighted by molar-refractivity contribution is 7.25. The third-order valence-electron chi connectivity index (χ3n) is 12.1. The van der Waals surface area contributed by atoms with Gasteiger partial charge in [0.15, 0.2) is 0 Å². The lowest BCUT2D eigenvalue weighted by Crippen LogP contribution is -2.14. The van der Waals surface area contributed by atoms with E-state index in [1.54, 1.807) is 0 Å². The maximum atomic E-state index is 2.41. The van der Waals surface area contributed by atoms with Crippen LogP contribution in [0.5, 0.6) is 0 Å². The van der Waals surface area contributed by atoms with Gasteiger partial charge in [0.1, 0.15) is 0 Å². The first-order chi connectivity index (χ1) is 28.0. The molecule has 0 amide bonds. The minimum absolute atomic E-state index is 0.0384. The van der Waals surface area contributed by atoms with E-state index in [1.807, 2.05) is 11.3 Å². The van der Waals surface area contributed by atoms with Crippen molar-refractivity contribution in [1.82, 2.24) is 0 Å². The first-order valence-electron chi connectivity index (χ1n) is 19.7. The van der Waals surface area contributed by atoms with Gasteiger partial charge in [0.05, 0.1) is 0 Å². The summed E-state index contributed by atoms with van der Waals surface area (Å²) in [4.78, 5) is 2.41. The van der Waals surface area contributed by atoms with Crippen molar-refractivity contribution < 1.29 is 0 Å². The summed E-state index contributed by atoms with van der Waals surface area (Å²) in [5.74, 6) is 0. The van der Waals surface area contributed by atoms with Crippen LogP contribution in [0.4, 0.5) is 17.1 Å². The van der Waals surface area contributed by atoms with Crippen LogP contribution in [-0.2, 0) is 5.41 Å². The van der Waals surface area contributed by atoms with E-state index in [-0.39, 0.29) is 5.41 Å². The molecule has 0 fully saturated rings. The van der Waals surface area contributed by atoms with Gasteiger partial charge in [-0.05, 0) is 121 Å². The standard InChI is InChI=1S/C55H39NS/c1-55(2)51-22-7-5-19-47(51)48-30-26-40(34-52(48)55)36-24-27-42(28-25-36)56(44-29-31-50-49-20-6-8-23-53(49)57-54(50)35-44)43-17-10-15-39(33-43)38-14-9-16-41(32-38)46-21-11-13-37-12-3-4-18-45(37)46/h3-35H,1-2H3. The maximum absolute atomic E-state index is 2.41. The molecule has 2 heteroatoms. The average Bonchev–Trinajstić information content (AvgIpc) is 3.75. The smallest absolute Gasteiger partial charge is 0.0476 e. The molecule has 0 atom stereocenters. The van der Waals surface area contributed by atoms with Gasteiger partial charge in [-0.15, -0.1) is 11.3 Å². The van der Waals surface area contributed by atoms with Crippen LogP contribution in [0.1, 0.15) is 25.0 Å². The van der Waals surface area contributed by atoms with Gasteiger partial charge in [0.25, 0.3) is 0 Å². The molecule has 11 rings (SSSR count). The van der Waals surface area contributed by atoms with Crippen LogP contribution >= 0.6 is 11.3 Å². The van der Waals surface area contributed by atoms with Gasteiger partial charge in [-0.1, -0.05) is 159 Å². The molecular formula is C55H39NS. The molecule has 1 heterocycles. The molecule has 0 saturated carbocycles. The zero-order valence-corrected chi connectivity index (χ0v) is 32.7. The Labute approximate surface area is 337 Å². The second-order valence-corrected chi connectivity index (χ2v) is 16.8. The highest BCUT2D eigenvalue weighted by atomic mass is 32.1. The molecule has 1 aromatic heterocycles. The Bertz CT molecular complexity index is 3160. The minimum Gasteiger partial charge on any atom is -0.310 e. The lowest BCUT2D eigenvalue weighted by molar-refractivity contribution is 0.660. The number of thiophene rings is 1. The Hall–Kier alpha value is -6.74. The molecule has 0 radical (unpaired) electrons. The number of hydrogen-bond acceptors (Lipinski definition) is 2. The van der Waals surface area contributed by atoms with Gasteiger partial charge >= 0.3 is 0 Å². The minimum atomic E-state index is -0.0384. The van der Waals surface area contributed by atoms with Crippen LogP contribution in [0.3, 0.4) is 0 Å². The summed E-state index contributed by atoms with van der Waals surface area (Å²) < 4.78 is 2.60. The summed E-state index contributed by atoms with van der Waals surface area (Å²) in [6, 6.07) is 73.9. The summed E-state index contributed by atoms with van der Waals surface area (Å²) in [6.07, 6.45) is 0. The third-order valence-corrected chi connectivity index (χ3v) is 13.2. The summed E-state index contributed by atoms with van der Waals surface area (Å²) in [6.45, 7) is 4.70. The number of hydrogen-bond donors (Lipinski definition) is 0. The fourth-order valence-electron chi connectivity index (χ4n) is 9.16. The molecule has 1 nitrogen and oxygen atoms in total. The Morgan fingerprint density at radius 1 is 0.351 bits per heavy atom. The van der Waals surface area contributed by atoms with E-state index in [1.165, 1.54) is 86.6 Å². The SMILES string of the molecule is CC1(C)c2ccccc2-c2ccc(-c3ccc(N(c4cccc(-c5cccc(-c6cccc7ccccc67)c5)c4)c4ccc5c(c4)sc4ccccc45)cc3)cc21. The molecule has 0 spiro atoms. The van der Waals surface area contributed by atoms with Crippen LogP contribution in [0, 0.1) is 0 Å². The van der Waals surface area contributed by atoms with Gasteiger partial charge < -0.3 is 4.90 Å². The van der Waals surface area contributed by atoms with Crippen LogP contribution in [-0.4, -0.2) is 0 Å². The Kier molecular flexibility index (Phi) is 7.77. The van der Waals surface area contributed by atoms with Gasteiger partial charge in [-0.2, -0.15) is 0 Å².